The molecule has 0 rings (SSSR count). The van der Waals surface area contributed by atoms with Gasteiger partial charge in [0.15, 0.2) is 6.10 Å². The lowest BCUT2D eigenvalue weighted by Gasteiger charge is -2.24. The van der Waals surface area contributed by atoms with Crippen LogP contribution in [0.3, 0.4) is 0 Å². The van der Waals surface area contributed by atoms with E-state index in [1.807, 2.05) is 21.1 Å². The van der Waals surface area contributed by atoms with Gasteiger partial charge in [0, 0.05) is 12.8 Å². The summed E-state index contributed by atoms with van der Waals surface area (Å²) in [5.41, 5.74) is 0. The monoisotopic (exact) mass is 885 g/mol. The molecule has 0 aliphatic heterocycles. The summed E-state index contributed by atoms with van der Waals surface area (Å²) in [7, 11) is 1.48. The maximum absolute atomic E-state index is 12.7. The number of ether oxygens (including phenoxy) is 2. The van der Waals surface area contributed by atoms with Gasteiger partial charge >= 0.3 is 19.8 Å². The Morgan fingerprint density at radius 3 is 1.28 bits per heavy atom. The van der Waals surface area contributed by atoms with Crippen molar-refractivity contribution < 1.29 is 42.1 Å². The molecule has 0 aromatic carbocycles. The number of unbranched alkanes of at least 4 members (excludes halogenated alkanes) is 29. The van der Waals surface area contributed by atoms with Crippen LogP contribution in [0.4, 0.5) is 0 Å². The number of rotatable bonds is 47. The molecule has 0 fully saturated rings. The lowest BCUT2D eigenvalue weighted by molar-refractivity contribution is -0.870. The predicted molar refractivity (Wildman–Crippen MR) is 257 cm³/mol. The average molecular weight is 885 g/mol. The van der Waals surface area contributed by atoms with E-state index >= 15 is 0 Å². The summed E-state index contributed by atoms with van der Waals surface area (Å²) >= 11 is 0. The number of nitrogens with zero attached hydrogens (tertiary/aromatic N) is 1. The van der Waals surface area contributed by atoms with Crippen molar-refractivity contribution in [3.63, 3.8) is 0 Å². The molecule has 0 aromatic rings. The van der Waals surface area contributed by atoms with Gasteiger partial charge in [0.2, 0.25) is 0 Å². The summed E-state index contributed by atoms with van der Waals surface area (Å²) in [5.74, 6) is -0.802. The van der Waals surface area contributed by atoms with E-state index in [9.17, 15) is 19.0 Å². The maximum Gasteiger partial charge on any atom is 0.472 e. The zero-order chi connectivity index (χ0) is 45.0. The van der Waals surface area contributed by atoms with Crippen LogP contribution in [0, 0.1) is 0 Å². The van der Waals surface area contributed by atoms with E-state index in [1.54, 1.807) is 0 Å². The van der Waals surface area contributed by atoms with Crippen LogP contribution in [0.15, 0.2) is 24.3 Å². The van der Waals surface area contributed by atoms with Crippen molar-refractivity contribution in [1.82, 2.24) is 0 Å². The molecule has 0 bridgehead atoms. The van der Waals surface area contributed by atoms with Gasteiger partial charge in [0.05, 0.1) is 27.7 Å². The number of phosphoric acid groups is 1. The average Bonchev–Trinajstić information content (AvgIpc) is 3.21. The zero-order valence-corrected chi connectivity index (χ0v) is 41.6. The number of hydrogen-bond donors (Lipinski definition) is 1. The Labute approximate surface area is 377 Å². The SMILES string of the molecule is CCC/C=C\CCCCCCCC(=O)OCC(COP(=O)(O)OCC[N+](C)(C)C)OC(=O)CCCCCCCCCCCCCCCCC/C=C\CCCCCCCCCC. The standard InChI is InChI=1S/C51H98NO8P/c1-6-8-10-12-14-16-18-19-20-21-22-23-24-25-26-27-28-29-30-31-32-33-34-36-38-40-42-44-51(54)60-49(48-59-61(55,56)58-46-45-52(3,4)5)47-57-50(53)43-41-39-37-35-17-15-13-11-9-7-2/h11,13,21-22,49H,6-10,12,14-20,23-48H2,1-5H3/p+1/b13-11-,22-21-. The van der Waals surface area contributed by atoms with Crippen molar-refractivity contribution in [2.45, 2.75) is 245 Å². The number of carbonyl (C=O) groups excluding carboxylic acids is 2. The summed E-state index contributed by atoms with van der Waals surface area (Å²) < 4.78 is 34.3. The second-order valence-corrected chi connectivity index (χ2v) is 20.0. The maximum atomic E-state index is 12.7. The lowest BCUT2D eigenvalue weighted by Crippen LogP contribution is -2.37. The first-order valence-corrected chi connectivity index (χ1v) is 27.1. The number of phosphoric ester groups is 1. The molecule has 0 aliphatic rings. The van der Waals surface area contributed by atoms with Crippen molar-refractivity contribution >= 4 is 19.8 Å². The van der Waals surface area contributed by atoms with Crippen molar-refractivity contribution in [3.8, 4) is 0 Å². The van der Waals surface area contributed by atoms with Crippen LogP contribution in [0.1, 0.15) is 239 Å². The summed E-state index contributed by atoms with van der Waals surface area (Å²) in [5, 5.41) is 0. The van der Waals surface area contributed by atoms with Crippen LogP contribution < -0.4 is 0 Å². The van der Waals surface area contributed by atoms with Crippen LogP contribution in [-0.2, 0) is 32.7 Å². The Balaban J connectivity index is 4.07. The molecule has 0 aromatic heterocycles. The highest BCUT2D eigenvalue weighted by Gasteiger charge is 2.27. The minimum absolute atomic E-state index is 0.0322. The summed E-state index contributed by atoms with van der Waals surface area (Å²) in [6, 6.07) is 0. The van der Waals surface area contributed by atoms with Crippen molar-refractivity contribution in [1.29, 1.82) is 0 Å². The van der Waals surface area contributed by atoms with E-state index in [4.69, 9.17) is 18.5 Å². The molecule has 0 amide bonds. The Bertz CT molecular complexity index is 1090. The van der Waals surface area contributed by atoms with Crippen molar-refractivity contribution in [2.24, 2.45) is 0 Å². The Hall–Kier alpha value is -1.51. The molecule has 0 radical (unpaired) electrons. The van der Waals surface area contributed by atoms with Crippen LogP contribution in [-0.4, -0.2) is 74.9 Å². The third-order valence-corrected chi connectivity index (χ3v) is 12.2. The molecule has 0 heterocycles. The first kappa shape index (κ1) is 59.5. The molecular weight excluding hydrogens is 786 g/mol. The fraction of sp³-hybridized carbons (Fsp3) is 0.882. The Morgan fingerprint density at radius 2 is 0.869 bits per heavy atom. The van der Waals surface area contributed by atoms with Gasteiger partial charge < -0.3 is 18.9 Å². The van der Waals surface area contributed by atoms with E-state index in [0.717, 1.165) is 57.8 Å². The number of esters is 2. The normalized spacial score (nSPS) is 13.6. The van der Waals surface area contributed by atoms with Gasteiger partial charge in [-0.2, -0.15) is 0 Å². The molecule has 360 valence electrons. The van der Waals surface area contributed by atoms with Crippen molar-refractivity contribution in [3.05, 3.63) is 24.3 Å². The zero-order valence-electron chi connectivity index (χ0n) is 40.7. The van der Waals surface area contributed by atoms with E-state index in [1.165, 1.54) is 148 Å². The van der Waals surface area contributed by atoms with Gasteiger partial charge in [-0.3, -0.25) is 18.6 Å². The fourth-order valence-electron chi connectivity index (χ4n) is 7.19. The topological polar surface area (TPSA) is 108 Å². The summed E-state index contributed by atoms with van der Waals surface area (Å²) in [4.78, 5) is 35.4. The van der Waals surface area contributed by atoms with E-state index in [2.05, 4.69) is 38.2 Å². The lowest BCUT2D eigenvalue weighted by atomic mass is 10.0. The molecule has 9 nitrogen and oxygen atoms in total. The molecule has 0 spiro atoms. The van der Waals surface area contributed by atoms with Gasteiger partial charge in [-0.05, 0) is 57.8 Å². The van der Waals surface area contributed by atoms with E-state index in [0.29, 0.717) is 17.4 Å². The predicted octanol–water partition coefficient (Wildman–Crippen LogP) is 15.1. The van der Waals surface area contributed by atoms with Crippen LogP contribution in [0.25, 0.3) is 0 Å². The smallest absolute Gasteiger partial charge is 0.462 e. The second-order valence-electron chi connectivity index (χ2n) is 18.5. The van der Waals surface area contributed by atoms with Crippen LogP contribution >= 0.6 is 7.82 Å². The fourth-order valence-corrected chi connectivity index (χ4v) is 7.93. The molecule has 0 saturated carbocycles. The number of allylic oxidation sites excluding steroid dienone is 4. The minimum atomic E-state index is -4.37. The molecule has 10 heteroatoms. The summed E-state index contributed by atoms with van der Waals surface area (Å²) in [6.45, 7) is 4.38. The third-order valence-electron chi connectivity index (χ3n) is 11.2. The molecule has 61 heavy (non-hydrogen) atoms. The Kier molecular flexibility index (Phi) is 42.6. The van der Waals surface area contributed by atoms with E-state index < -0.39 is 26.5 Å². The van der Waals surface area contributed by atoms with Crippen molar-refractivity contribution in [2.75, 3.05) is 47.5 Å². The van der Waals surface area contributed by atoms with Gasteiger partial charge in [-0.15, -0.1) is 0 Å². The number of quaternary nitrogens is 1. The molecular formula is C51H99NO8P+. The second kappa shape index (κ2) is 43.7. The summed E-state index contributed by atoms with van der Waals surface area (Å²) in [6.07, 6.45) is 49.7. The largest absolute Gasteiger partial charge is 0.472 e. The number of likely N-dealkylation sites (N-methyl/N-ethyl adjacent to an activating group) is 1. The molecule has 2 unspecified atom stereocenters. The minimum Gasteiger partial charge on any atom is -0.462 e. The van der Waals surface area contributed by atoms with Crippen LogP contribution in [0.5, 0.6) is 0 Å². The van der Waals surface area contributed by atoms with Gasteiger partial charge in [0.1, 0.15) is 19.8 Å². The van der Waals surface area contributed by atoms with Gasteiger partial charge in [-0.1, -0.05) is 192 Å². The van der Waals surface area contributed by atoms with Crippen LogP contribution in [0.2, 0.25) is 0 Å². The highest BCUT2D eigenvalue weighted by molar-refractivity contribution is 7.47. The third kappa shape index (κ3) is 47.8. The first-order valence-electron chi connectivity index (χ1n) is 25.6. The molecule has 2 atom stereocenters. The molecule has 0 aliphatic carbocycles. The Morgan fingerprint density at radius 1 is 0.492 bits per heavy atom. The quantitative estimate of drug-likeness (QED) is 0.0212. The number of carbonyl (C=O) groups is 2. The molecule has 1 N–H and O–H groups in total. The molecule has 0 saturated heterocycles. The van der Waals surface area contributed by atoms with Gasteiger partial charge in [-0.25, -0.2) is 4.57 Å². The number of hydrogen-bond acceptors (Lipinski definition) is 7. The highest BCUT2D eigenvalue weighted by Crippen LogP contribution is 2.43. The first-order chi connectivity index (χ1) is 29.5. The highest BCUT2D eigenvalue weighted by atomic mass is 31.2. The van der Waals surface area contributed by atoms with Gasteiger partial charge in [0.25, 0.3) is 0 Å². The van der Waals surface area contributed by atoms with E-state index in [-0.39, 0.29) is 32.0 Å².